The van der Waals surface area contributed by atoms with E-state index in [9.17, 15) is 10.1 Å². The summed E-state index contributed by atoms with van der Waals surface area (Å²) >= 11 is 0. The summed E-state index contributed by atoms with van der Waals surface area (Å²) in [5, 5.41) is 19.7. The number of fused-ring (bicyclic) bond motifs is 1. The molecule has 0 amide bonds. The minimum atomic E-state index is -1.07. The molecule has 2 aromatic carbocycles. The molecule has 22 heavy (non-hydrogen) atoms. The van der Waals surface area contributed by atoms with E-state index < -0.39 is 13.1 Å². The number of hydrogen-bond donors (Lipinski definition) is 2. The lowest BCUT2D eigenvalue weighted by Gasteiger charge is -2.28. The molecule has 4 nitrogen and oxygen atoms in total. The van der Waals surface area contributed by atoms with Gasteiger partial charge in [0.2, 0.25) is 0 Å². The van der Waals surface area contributed by atoms with Gasteiger partial charge in [-0.05, 0) is 17.2 Å². The summed E-state index contributed by atoms with van der Waals surface area (Å²) < 4.78 is 11.3. The van der Waals surface area contributed by atoms with Gasteiger partial charge in [0.05, 0.1) is 12.2 Å². The fourth-order valence-electron chi connectivity index (χ4n) is 2.54. The fourth-order valence-corrected chi connectivity index (χ4v) is 2.54. The maximum absolute atomic E-state index is 10.1. The second kappa shape index (κ2) is 6.26. The monoisotopic (exact) mass is 296 g/mol. The first-order valence-electron chi connectivity index (χ1n) is 7.15. The van der Waals surface area contributed by atoms with Crippen molar-refractivity contribution in [2.45, 2.75) is 19.0 Å². The molecule has 3 rings (SSSR count). The molecule has 1 heterocycles. The molecule has 0 unspecified atom stereocenters. The zero-order chi connectivity index (χ0) is 15.5. The Balaban J connectivity index is 1.74. The van der Waals surface area contributed by atoms with Gasteiger partial charge in [0.15, 0.2) is 0 Å². The van der Waals surface area contributed by atoms with Gasteiger partial charge in [-0.3, -0.25) is 0 Å². The summed E-state index contributed by atoms with van der Waals surface area (Å²) in [7, 11) is -1.07. The molecule has 1 atom stereocenters. The van der Waals surface area contributed by atoms with Gasteiger partial charge in [-0.15, -0.1) is 0 Å². The average Bonchev–Trinajstić information content (AvgIpc) is 2.53. The molecular formula is C17H17BO4. The van der Waals surface area contributed by atoms with Gasteiger partial charge in [0, 0.05) is 6.42 Å². The summed E-state index contributed by atoms with van der Waals surface area (Å²) in [6, 6.07) is 14.8. The highest BCUT2D eigenvalue weighted by molar-refractivity contribution is 6.46. The highest BCUT2D eigenvalue weighted by atomic mass is 16.6. The first kappa shape index (κ1) is 14.7. The van der Waals surface area contributed by atoms with Crippen LogP contribution >= 0.6 is 0 Å². The van der Waals surface area contributed by atoms with E-state index in [1.54, 1.807) is 6.07 Å². The Morgan fingerprint density at radius 2 is 2.00 bits per heavy atom. The quantitative estimate of drug-likeness (QED) is 0.673. The van der Waals surface area contributed by atoms with Gasteiger partial charge in [-0.2, -0.15) is 0 Å². The van der Waals surface area contributed by atoms with E-state index in [1.165, 1.54) is 0 Å². The minimum Gasteiger partial charge on any atom is -0.534 e. The molecule has 0 bridgehead atoms. The van der Waals surface area contributed by atoms with Crippen LogP contribution in [-0.2, 0) is 17.8 Å². The standard InChI is InChI=1S/C17H17BO4/c1-12(19)15-9-5-8-14-10-16(18(20)22-17(14)15)21-11-13-6-3-2-4-7-13/h2-9,16,19-20H,1,10-11H2/t16-/m0/s1. The van der Waals surface area contributed by atoms with E-state index in [1.807, 2.05) is 42.5 Å². The molecule has 0 spiro atoms. The maximum atomic E-state index is 10.1. The predicted octanol–water partition coefficient (Wildman–Crippen LogP) is 2.76. The molecule has 0 saturated heterocycles. The highest BCUT2D eigenvalue weighted by Crippen LogP contribution is 2.33. The van der Waals surface area contributed by atoms with Gasteiger partial charge in [0.25, 0.3) is 0 Å². The Hall–Kier alpha value is -2.24. The van der Waals surface area contributed by atoms with E-state index in [-0.39, 0.29) is 5.76 Å². The van der Waals surface area contributed by atoms with E-state index in [0.29, 0.717) is 24.3 Å². The Kier molecular flexibility index (Phi) is 4.18. The van der Waals surface area contributed by atoms with Crippen LogP contribution in [0.4, 0.5) is 0 Å². The molecule has 1 aliphatic heterocycles. The van der Waals surface area contributed by atoms with Gasteiger partial charge in [-0.1, -0.05) is 49.0 Å². The lowest BCUT2D eigenvalue weighted by molar-refractivity contribution is 0.0646. The second-order valence-electron chi connectivity index (χ2n) is 5.29. The average molecular weight is 296 g/mol. The number of para-hydroxylation sites is 1. The zero-order valence-electron chi connectivity index (χ0n) is 12.1. The summed E-state index contributed by atoms with van der Waals surface area (Å²) in [6.45, 7) is 3.93. The minimum absolute atomic E-state index is 0.0762. The van der Waals surface area contributed by atoms with Crippen LogP contribution in [0.3, 0.4) is 0 Å². The van der Waals surface area contributed by atoms with Crippen molar-refractivity contribution in [2.24, 2.45) is 0 Å². The van der Waals surface area contributed by atoms with Crippen LogP contribution in [0.1, 0.15) is 16.7 Å². The van der Waals surface area contributed by atoms with Crippen molar-refractivity contribution in [3.05, 3.63) is 71.8 Å². The van der Waals surface area contributed by atoms with Gasteiger partial charge in [-0.25, -0.2) is 0 Å². The summed E-state index contributed by atoms with van der Waals surface area (Å²) in [5.41, 5.74) is 2.42. The zero-order valence-corrected chi connectivity index (χ0v) is 12.1. The van der Waals surface area contributed by atoms with E-state index in [4.69, 9.17) is 9.39 Å². The van der Waals surface area contributed by atoms with Gasteiger partial charge >= 0.3 is 7.12 Å². The van der Waals surface area contributed by atoms with Crippen molar-refractivity contribution in [1.82, 2.24) is 0 Å². The van der Waals surface area contributed by atoms with E-state index in [2.05, 4.69) is 6.58 Å². The number of aliphatic hydroxyl groups excluding tert-OH is 1. The van der Waals surface area contributed by atoms with Crippen LogP contribution in [0.5, 0.6) is 5.75 Å². The van der Waals surface area contributed by atoms with E-state index >= 15 is 0 Å². The molecule has 2 N–H and O–H groups in total. The molecule has 0 aromatic heterocycles. The molecular weight excluding hydrogens is 279 g/mol. The number of rotatable bonds is 4. The van der Waals surface area contributed by atoms with Gasteiger partial charge < -0.3 is 19.5 Å². The smallest absolute Gasteiger partial charge is 0.534 e. The van der Waals surface area contributed by atoms with E-state index in [0.717, 1.165) is 11.1 Å². The number of ether oxygens (including phenoxy) is 1. The Bertz CT molecular complexity index is 672. The third-order valence-corrected chi connectivity index (χ3v) is 3.69. The first-order chi connectivity index (χ1) is 10.6. The number of hydrogen-bond acceptors (Lipinski definition) is 4. The lowest BCUT2D eigenvalue weighted by atomic mass is 9.74. The van der Waals surface area contributed by atoms with Crippen molar-refractivity contribution in [3.63, 3.8) is 0 Å². The summed E-state index contributed by atoms with van der Waals surface area (Å²) in [6.07, 6.45) is 0.518. The fraction of sp³-hybridized carbons (Fsp3) is 0.176. The first-order valence-corrected chi connectivity index (χ1v) is 7.15. The van der Waals surface area contributed by atoms with Crippen molar-refractivity contribution in [2.75, 3.05) is 0 Å². The largest absolute Gasteiger partial charge is 0.554 e. The van der Waals surface area contributed by atoms with Crippen molar-refractivity contribution < 1.29 is 19.5 Å². The SMILES string of the molecule is C=C(O)c1cccc2c1OB(O)[C@@H](OCc1ccccc1)C2. The lowest BCUT2D eigenvalue weighted by Crippen LogP contribution is -2.44. The maximum Gasteiger partial charge on any atom is 0.554 e. The molecule has 0 fully saturated rings. The Morgan fingerprint density at radius 3 is 2.73 bits per heavy atom. The van der Waals surface area contributed by atoms with Gasteiger partial charge in [0.1, 0.15) is 17.5 Å². The predicted molar refractivity (Wildman–Crippen MR) is 85.4 cm³/mol. The topological polar surface area (TPSA) is 58.9 Å². The number of aliphatic hydroxyl groups is 1. The number of benzene rings is 2. The van der Waals surface area contributed by atoms with Crippen molar-refractivity contribution in [3.8, 4) is 5.75 Å². The Labute approximate surface area is 129 Å². The summed E-state index contributed by atoms with van der Waals surface area (Å²) in [4.78, 5) is 0. The molecule has 5 heteroatoms. The van der Waals surface area contributed by atoms with Crippen molar-refractivity contribution in [1.29, 1.82) is 0 Å². The van der Waals surface area contributed by atoms with Crippen LogP contribution in [0.25, 0.3) is 5.76 Å². The van der Waals surface area contributed by atoms with Crippen LogP contribution < -0.4 is 4.65 Å². The third-order valence-electron chi connectivity index (χ3n) is 3.69. The Morgan fingerprint density at radius 1 is 1.23 bits per heavy atom. The highest BCUT2D eigenvalue weighted by Gasteiger charge is 2.37. The second-order valence-corrected chi connectivity index (χ2v) is 5.29. The van der Waals surface area contributed by atoms with Crippen molar-refractivity contribution >= 4 is 12.9 Å². The normalized spacial score (nSPS) is 16.8. The molecule has 0 saturated carbocycles. The van der Waals surface area contributed by atoms with Crippen LogP contribution in [0.2, 0.25) is 0 Å². The molecule has 0 radical (unpaired) electrons. The molecule has 0 aliphatic carbocycles. The third kappa shape index (κ3) is 3.00. The van der Waals surface area contributed by atoms with Crippen LogP contribution in [0, 0.1) is 0 Å². The summed E-state index contributed by atoms with van der Waals surface area (Å²) in [5.74, 6) is 0.398. The molecule has 112 valence electrons. The van der Waals surface area contributed by atoms with Crippen LogP contribution in [-0.4, -0.2) is 23.3 Å². The van der Waals surface area contributed by atoms with Crippen LogP contribution in [0.15, 0.2) is 55.1 Å². The molecule has 1 aliphatic rings. The molecule has 2 aromatic rings.